The number of amides is 4. The van der Waals surface area contributed by atoms with E-state index in [1.165, 1.54) is 11.0 Å². The van der Waals surface area contributed by atoms with E-state index in [4.69, 9.17) is 14.5 Å². The molecule has 2 aromatic heterocycles. The third-order valence-corrected chi connectivity index (χ3v) is 6.75. The van der Waals surface area contributed by atoms with Gasteiger partial charge in [0, 0.05) is 13.0 Å². The van der Waals surface area contributed by atoms with Crippen LogP contribution in [0.5, 0.6) is 0 Å². The molecule has 178 valence electrons. The van der Waals surface area contributed by atoms with E-state index in [2.05, 4.69) is 25.9 Å². The highest BCUT2D eigenvalue weighted by Gasteiger charge is 2.63. The van der Waals surface area contributed by atoms with Crippen LogP contribution in [0.2, 0.25) is 0 Å². The van der Waals surface area contributed by atoms with Gasteiger partial charge in [0.15, 0.2) is 11.2 Å². The summed E-state index contributed by atoms with van der Waals surface area (Å²) in [6.45, 7) is 3.70. The number of carbonyl (C=O) groups is 3. The van der Waals surface area contributed by atoms with E-state index < -0.39 is 41.2 Å². The lowest BCUT2D eigenvalue weighted by Crippen LogP contribution is -2.75. The summed E-state index contributed by atoms with van der Waals surface area (Å²) in [7, 11) is 0. The number of barbiturate groups is 1. The number of hydrogen-bond acceptors (Lipinski definition) is 10. The van der Waals surface area contributed by atoms with E-state index in [1.807, 2.05) is 0 Å². The zero-order chi connectivity index (χ0) is 24.6. The first-order chi connectivity index (χ1) is 16.7. The lowest BCUT2D eigenvalue weighted by Gasteiger charge is -2.55. The molecule has 6 rings (SSSR count). The maximum Gasteiger partial charge on any atom is 0.328 e. The minimum Gasteiger partial charge on any atom is -0.372 e. The Balaban J connectivity index is 1.59. The maximum atomic E-state index is 16.0. The highest BCUT2D eigenvalue weighted by atomic mass is 19.1. The minimum atomic E-state index is -1.75. The van der Waals surface area contributed by atoms with Gasteiger partial charge in [0.2, 0.25) is 23.2 Å². The molecule has 5 heterocycles. The second-order valence-electron chi connectivity index (χ2n) is 8.84. The summed E-state index contributed by atoms with van der Waals surface area (Å²) in [5.74, 6) is -2.30. The summed E-state index contributed by atoms with van der Waals surface area (Å²) in [5, 5.41) is 21.5. The van der Waals surface area contributed by atoms with Crippen LogP contribution < -0.4 is 15.5 Å². The number of benzene rings is 1. The highest BCUT2D eigenvalue weighted by molar-refractivity contribution is 6.20. The van der Waals surface area contributed by atoms with Gasteiger partial charge in [-0.1, -0.05) is 5.16 Å². The van der Waals surface area contributed by atoms with Gasteiger partial charge in [0.25, 0.3) is 5.82 Å². The number of anilines is 1. The summed E-state index contributed by atoms with van der Waals surface area (Å²) in [5.41, 5.74) is -1.38. The fraction of sp³-hybridized carbons (Fsp3) is 0.381. The number of morpholine rings is 1. The summed E-state index contributed by atoms with van der Waals surface area (Å²) < 4.78 is 28.4. The van der Waals surface area contributed by atoms with E-state index in [1.54, 1.807) is 30.9 Å². The number of aromatic nitrogens is 4. The first kappa shape index (κ1) is 21.2. The van der Waals surface area contributed by atoms with E-state index in [9.17, 15) is 14.4 Å². The van der Waals surface area contributed by atoms with Gasteiger partial charge in [-0.15, -0.1) is 5.10 Å². The molecular weight excluding hydrogens is 463 g/mol. The van der Waals surface area contributed by atoms with Crippen molar-refractivity contribution in [2.24, 2.45) is 5.41 Å². The molecule has 3 aliphatic heterocycles. The van der Waals surface area contributed by atoms with Crippen LogP contribution in [0, 0.1) is 22.6 Å². The van der Waals surface area contributed by atoms with Crippen molar-refractivity contribution in [2.45, 2.75) is 38.5 Å². The molecule has 0 aliphatic carbocycles. The Morgan fingerprint density at radius 3 is 2.69 bits per heavy atom. The summed E-state index contributed by atoms with van der Waals surface area (Å²) in [4.78, 5) is 43.8. The SMILES string of the molecule is CC1CN2c3c(cc4c(-n5cnc(C#N)n5)noc4c3F)CC3(C(=O)NC(=O)NC3=O)C2C(C)O1. The molecule has 3 atom stereocenters. The molecule has 14 heteroatoms. The zero-order valence-corrected chi connectivity index (χ0v) is 18.4. The van der Waals surface area contributed by atoms with Gasteiger partial charge in [-0.3, -0.25) is 20.2 Å². The van der Waals surface area contributed by atoms with Gasteiger partial charge in [-0.2, -0.15) is 9.94 Å². The Bertz CT molecular complexity index is 1470. The summed E-state index contributed by atoms with van der Waals surface area (Å²) >= 11 is 0. The second-order valence-corrected chi connectivity index (χ2v) is 8.84. The number of nitrogens with zero attached hydrogens (tertiary/aromatic N) is 6. The number of hydrogen-bond donors (Lipinski definition) is 2. The molecule has 2 fully saturated rings. The van der Waals surface area contributed by atoms with Crippen LogP contribution >= 0.6 is 0 Å². The molecule has 0 saturated carbocycles. The van der Waals surface area contributed by atoms with Gasteiger partial charge >= 0.3 is 6.03 Å². The first-order valence-corrected chi connectivity index (χ1v) is 10.8. The molecule has 1 aromatic carbocycles. The van der Waals surface area contributed by atoms with Crippen molar-refractivity contribution < 1.29 is 28.0 Å². The molecular formula is C21H17FN8O5. The van der Waals surface area contributed by atoms with Crippen LogP contribution in [0.15, 0.2) is 16.9 Å². The van der Waals surface area contributed by atoms with Crippen LogP contribution in [0.25, 0.3) is 16.8 Å². The number of fused-ring (bicyclic) bond motifs is 5. The summed E-state index contributed by atoms with van der Waals surface area (Å²) in [6.07, 6.45) is 0.0652. The molecule has 13 nitrogen and oxygen atoms in total. The average Bonchev–Trinajstić information content (AvgIpc) is 3.43. The number of nitrogens with one attached hydrogen (secondary N) is 2. The number of imide groups is 2. The minimum absolute atomic E-state index is 0.0864. The molecule has 2 saturated heterocycles. The van der Waals surface area contributed by atoms with Crippen molar-refractivity contribution in [2.75, 3.05) is 11.4 Å². The lowest BCUT2D eigenvalue weighted by atomic mass is 9.66. The number of carbonyl (C=O) groups excluding carboxylic acids is 3. The first-order valence-electron chi connectivity index (χ1n) is 10.8. The summed E-state index contributed by atoms with van der Waals surface area (Å²) in [6, 6.07) is 1.58. The maximum absolute atomic E-state index is 16.0. The third-order valence-electron chi connectivity index (χ3n) is 6.75. The molecule has 3 aliphatic rings. The van der Waals surface area contributed by atoms with Crippen LogP contribution in [0.3, 0.4) is 0 Å². The zero-order valence-electron chi connectivity index (χ0n) is 18.4. The molecule has 3 aromatic rings. The van der Waals surface area contributed by atoms with Crippen LogP contribution in [0.1, 0.15) is 25.2 Å². The van der Waals surface area contributed by atoms with Crippen molar-refractivity contribution in [1.82, 2.24) is 30.6 Å². The van der Waals surface area contributed by atoms with Gasteiger partial charge in [-0.25, -0.2) is 14.2 Å². The van der Waals surface area contributed by atoms with Crippen LogP contribution in [-0.4, -0.2) is 62.6 Å². The van der Waals surface area contributed by atoms with Crippen molar-refractivity contribution in [3.05, 3.63) is 29.6 Å². The van der Waals surface area contributed by atoms with Crippen molar-refractivity contribution in [3.8, 4) is 11.9 Å². The van der Waals surface area contributed by atoms with Gasteiger partial charge in [-0.05, 0) is 25.5 Å². The molecule has 2 N–H and O–H groups in total. The normalized spacial score (nSPS) is 25.1. The molecule has 0 bridgehead atoms. The number of nitriles is 1. The van der Waals surface area contributed by atoms with E-state index in [-0.39, 0.29) is 47.4 Å². The molecule has 4 amide bonds. The molecule has 1 spiro atoms. The predicted molar refractivity (Wildman–Crippen MR) is 113 cm³/mol. The smallest absolute Gasteiger partial charge is 0.328 e. The Morgan fingerprint density at radius 2 is 2.00 bits per heavy atom. The van der Waals surface area contributed by atoms with Crippen molar-refractivity contribution in [1.29, 1.82) is 5.26 Å². The number of ether oxygens (including phenoxy) is 1. The fourth-order valence-electron chi connectivity index (χ4n) is 5.52. The topological polar surface area (TPSA) is 168 Å². The number of urea groups is 1. The third kappa shape index (κ3) is 2.75. The highest BCUT2D eigenvalue weighted by Crippen LogP contribution is 2.49. The van der Waals surface area contributed by atoms with Crippen molar-refractivity contribution in [3.63, 3.8) is 0 Å². The van der Waals surface area contributed by atoms with E-state index in [0.717, 1.165) is 0 Å². The molecule has 3 unspecified atom stereocenters. The molecule has 0 radical (unpaired) electrons. The van der Waals surface area contributed by atoms with Gasteiger partial charge < -0.3 is 14.2 Å². The van der Waals surface area contributed by atoms with Gasteiger partial charge in [0.05, 0.1) is 29.3 Å². The van der Waals surface area contributed by atoms with Gasteiger partial charge in [0.1, 0.15) is 12.4 Å². The Kier molecular flexibility index (Phi) is 4.27. The Labute approximate surface area is 195 Å². The standard InChI is InChI=1S/C21H17FN8O5/c1-8-6-29-14-10(4-21(16(29)9(2)34-8)18(31)25-20(33)26-19(21)32)3-11-15(13(14)22)35-28-17(11)30-7-24-12(5-23)27-30/h3,7-9,16H,4,6H2,1-2H3,(H2,25,26,31,32,33). The predicted octanol–water partition coefficient (Wildman–Crippen LogP) is 0.310. The van der Waals surface area contributed by atoms with Crippen LogP contribution in [0.4, 0.5) is 14.9 Å². The number of rotatable bonds is 1. The average molecular weight is 480 g/mol. The lowest BCUT2D eigenvalue weighted by molar-refractivity contribution is -0.153. The number of halogens is 1. The largest absolute Gasteiger partial charge is 0.372 e. The van der Waals surface area contributed by atoms with Crippen LogP contribution in [-0.2, 0) is 20.7 Å². The monoisotopic (exact) mass is 480 g/mol. The Hall–Kier alpha value is -4.38. The fourth-order valence-corrected chi connectivity index (χ4v) is 5.52. The van der Waals surface area contributed by atoms with E-state index >= 15 is 4.39 Å². The second kappa shape index (κ2) is 7.06. The quantitative estimate of drug-likeness (QED) is 0.462. The van der Waals surface area contributed by atoms with Crippen molar-refractivity contribution >= 4 is 34.5 Å². The molecule has 35 heavy (non-hydrogen) atoms. The van der Waals surface area contributed by atoms with E-state index in [0.29, 0.717) is 5.56 Å². The Morgan fingerprint density at radius 1 is 1.26 bits per heavy atom.